The maximum Gasteiger partial charge on any atom is 0.164 e. The molecule has 25 heavy (non-hydrogen) atoms. The number of rotatable bonds is 7. The van der Waals surface area contributed by atoms with Crippen molar-refractivity contribution >= 4 is 17.8 Å². The molecule has 3 aromatic rings. The van der Waals surface area contributed by atoms with E-state index in [-0.39, 0.29) is 5.78 Å². The molecule has 1 heterocycles. The number of hydrogen-bond donors (Lipinski definition) is 1. The molecule has 0 unspecified atom stereocenters. The minimum absolute atomic E-state index is 0.0932. The Morgan fingerprint density at radius 2 is 1.68 bits per heavy atom. The van der Waals surface area contributed by atoms with E-state index in [1.165, 1.54) is 0 Å². The summed E-state index contributed by atoms with van der Waals surface area (Å²) in [4.78, 5) is 16.5. The number of anilines is 1. The Morgan fingerprint density at radius 1 is 0.960 bits per heavy atom. The average Bonchev–Trinajstić information content (AvgIpc) is 2.68. The lowest BCUT2D eigenvalue weighted by Crippen LogP contribution is -2.02. The molecule has 0 aliphatic heterocycles. The highest BCUT2D eigenvalue weighted by Gasteiger charge is 2.06. The number of aryl methyl sites for hydroxylation is 1. The SMILES string of the molecule is O=C(CCc1ccccc1)c1ccc(N/N=C/c2ccccc2)nc1. The monoisotopic (exact) mass is 329 g/mol. The van der Waals surface area contributed by atoms with Crippen molar-refractivity contribution in [3.8, 4) is 0 Å². The van der Waals surface area contributed by atoms with Crippen molar-refractivity contribution in [2.45, 2.75) is 12.8 Å². The minimum Gasteiger partial charge on any atom is -0.294 e. The topological polar surface area (TPSA) is 54.4 Å². The van der Waals surface area contributed by atoms with Crippen LogP contribution >= 0.6 is 0 Å². The van der Waals surface area contributed by atoms with Crippen LogP contribution in [-0.2, 0) is 6.42 Å². The number of ketones is 1. The molecule has 0 bridgehead atoms. The van der Waals surface area contributed by atoms with Gasteiger partial charge >= 0.3 is 0 Å². The third kappa shape index (κ3) is 5.11. The molecule has 0 aliphatic carbocycles. The second kappa shape index (κ2) is 8.55. The Kier molecular flexibility index (Phi) is 5.67. The minimum atomic E-state index is 0.0932. The molecule has 3 rings (SSSR count). The van der Waals surface area contributed by atoms with Gasteiger partial charge in [-0.15, -0.1) is 0 Å². The van der Waals surface area contributed by atoms with Gasteiger partial charge in [0.1, 0.15) is 5.82 Å². The molecule has 0 aliphatic rings. The first-order chi connectivity index (χ1) is 12.3. The summed E-state index contributed by atoms with van der Waals surface area (Å²) < 4.78 is 0. The molecule has 0 spiro atoms. The molecule has 2 aromatic carbocycles. The van der Waals surface area contributed by atoms with Gasteiger partial charge in [0.05, 0.1) is 6.21 Å². The summed E-state index contributed by atoms with van der Waals surface area (Å²) in [5, 5.41) is 4.14. The fourth-order valence-electron chi connectivity index (χ4n) is 2.38. The molecular weight excluding hydrogens is 310 g/mol. The lowest BCUT2D eigenvalue weighted by atomic mass is 10.0. The lowest BCUT2D eigenvalue weighted by Gasteiger charge is -2.03. The number of Topliss-reactive ketones (excluding diaryl/α,β-unsaturated/α-hetero) is 1. The normalized spacial score (nSPS) is 10.7. The maximum absolute atomic E-state index is 12.2. The highest BCUT2D eigenvalue weighted by Crippen LogP contribution is 2.10. The van der Waals surface area contributed by atoms with Crippen LogP contribution in [0.1, 0.15) is 27.9 Å². The molecule has 0 saturated carbocycles. The first kappa shape index (κ1) is 16.6. The average molecular weight is 329 g/mol. The van der Waals surface area contributed by atoms with Crippen molar-refractivity contribution in [2.75, 3.05) is 5.43 Å². The van der Waals surface area contributed by atoms with E-state index in [0.717, 1.165) is 17.5 Å². The second-order valence-corrected chi connectivity index (χ2v) is 5.62. The van der Waals surface area contributed by atoms with E-state index >= 15 is 0 Å². The zero-order chi connectivity index (χ0) is 17.3. The number of hydrogen-bond acceptors (Lipinski definition) is 4. The smallest absolute Gasteiger partial charge is 0.164 e. The van der Waals surface area contributed by atoms with Gasteiger partial charge in [-0.3, -0.25) is 10.2 Å². The molecule has 0 atom stereocenters. The maximum atomic E-state index is 12.2. The largest absolute Gasteiger partial charge is 0.294 e. The van der Waals surface area contributed by atoms with Crippen molar-refractivity contribution in [1.82, 2.24) is 4.98 Å². The first-order valence-electron chi connectivity index (χ1n) is 8.18. The van der Waals surface area contributed by atoms with E-state index < -0.39 is 0 Å². The van der Waals surface area contributed by atoms with Gasteiger partial charge in [0.15, 0.2) is 5.78 Å². The summed E-state index contributed by atoms with van der Waals surface area (Å²) >= 11 is 0. The van der Waals surface area contributed by atoms with Crippen LogP contribution in [0.15, 0.2) is 84.1 Å². The number of carbonyl (C=O) groups excluding carboxylic acids is 1. The Morgan fingerprint density at radius 3 is 2.36 bits per heavy atom. The zero-order valence-electron chi connectivity index (χ0n) is 13.8. The van der Waals surface area contributed by atoms with Crippen LogP contribution in [0.2, 0.25) is 0 Å². The Balaban J connectivity index is 1.53. The summed E-state index contributed by atoms with van der Waals surface area (Å²) in [5.41, 5.74) is 5.65. The standard InChI is InChI=1S/C21H19N3O/c25-20(13-11-17-7-3-1-4-8-17)19-12-14-21(22-16-19)24-23-15-18-9-5-2-6-10-18/h1-10,12,14-16H,11,13H2,(H,22,24)/b23-15+. The van der Waals surface area contributed by atoms with Crippen LogP contribution in [0.25, 0.3) is 0 Å². The summed E-state index contributed by atoms with van der Waals surface area (Å²) in [6, 6.07) is 23.3. The number of nitrogens with zero attached hydrogens (tertiary/aromatic N) is 2. The molecule has 0 amide bonds. The van der Waals surface area contributed by atoms with Gasteiger partial charge in [0, 0.05) is 18.2 Å². The molecular formula is C21H19N3O. The van der Waals surface area contributed by atoms with Crippen molar-refractivity contribution in [3.05, 3.63) is 95.7 Å². The highest BCUT2D eigenvalue weighted by atomic mass is 16.1. The summed E-state index contributed by atoms with van der Waals surface area (Å²) in [6.07, 6.45) is 4.53. The zero-order valence-corrected chi connectivity index (χ0v) is 13.8. The van der Waals surface area contributed by atoms with E-state index in [4.69, 9.17) is 0 Å². The van der Waals surface area contributed by atoms with E-state index in [9.17, 15) is 4.79 Å². The van der Waals surface area contributed by atoms with Crippen LogP contribution in [-0.4, -0.2) is 17.0 Å². The van der Waals surface area contributed by atoms with E-state index in [2.05, 4.69) is 15.5 Å². The lowest BCUT2D eigenvalue weighted by molar-refractivity contribution is 0.0982. The molecule has 1 aromatic heterocycles. The number of aromatic nitrogens is 1. The van der Waals surface area contributed by atoms with Gasteiger partial charge in [0.2, 0.25) is 0 Å². The van der Waals surface area contributed by atoms with Gasteiger partial charge in [-0.25, -0.2) is 4.98 Å². The number of carbonyl (C=O) groups is 1. The third-order valence-electron chi connectivity index (χ3n) is 3.76. The van der Waals surface area contributed by atoms with E-state index in [0.29, 0.717) is 17.8 Å². The predicted molar refractivity (Wildman–Crippen MR) is 101 cm³/mol. The van der Waals surface area contributed by atoms with Crippen LogP contribution in [0.3, 0.4) is 0 Å². The fraction of sp³-hybridized carbons (Fsp3) is 0.0952. The fourth-order valence-corrected chi connectivity index (χ4v) is 2.38. The van der Waals surface area contributed by atoms with Crippen molar-refractivity contribution < 1.29 is 4.79 Å². The first-order valence-corrected chi connectivity index (χ1v) is 8.18. The molecule has 0 saturated heterocycles. The Labute approximate surface area is 147 Å². The molecule has 0 fully saturated rings. The molecule has 0 radical (unpaired) electrons. The summed E-state index contributed by atoms with van der Waals surface area (Å²) in [5.74, 6) is 0.697. The van der Waals surface area contributed by atoms with Crippen LogP contribution < -0.4 is 5.43 Å². The van der Waals surface area contributed by atoms with Gasteiger partial charge in [-0.05, 0) is 29.7 Å². The van der Waals surface area contributed by atoms with E-state index in [1.54, 1.807) is 24.5 Å². The summed E-state index contributed by atoms with van der Waals surface area (Å²) in [7, 11) is 0. The molecule has 4 nitrogen and oxygen atoms in total. The van der Waals surface area contributed by atoms with Crippen molar-refractivity contribution in [2.24, 2.45) is 5.10 Å². The van der Waals surface area contributed by atoms with Crippen LogP contribution in [0, 0.1) is 0 Å². The third-order valence-corrected chi connectivity index (χ3v) is 3.76. The second-order valence-electron chi connectivity index (χ2n) is 5.62. The Bertz CT molecular complexity index is 828. The van der Waals surface area contributed by atoms with Crippen LogP contribution in [0.5, 0.6) is 0 Å². The van der Waals surface area contributed by atoms with Gasteiger partial charge < -0.3 is 0 Å². The Hall–Kier alpha value is -3.27. The summed E-state index contributed by atoms with van der Waals surface area (Å²) in [6.45, 7) is 0. The van der Waals surface area contributed by atoms with Gasteiger partial charge in [-0.1, -0.05) is 60.7 Å². The number of nitrogens with one attached hydrogen (secondary N) is 1. The van der Waals surface area contributed by atoms with Gasteiger partial charge in [-0.2, -0.15) is 5.10 Å². The number of benzene rings is 2. The van der Waals surface area contributed by atoms with Crippen molar-refractivity contribution in [1.29, 1.82) is 0 Å². The number of pyridine rings is 1. The quantitative estimate of drug-likeness (QED) is 0.398. The predicted octanol–water partition coefficient (Wildman–Crippen LogP) is 4.34. The van der Waals surface area contributed by atoms with E-state index in [1.807, 2.05) is 60.7 Å². The molecule has 124 valence electrons. The molecule has 1 N–H and O–H groups in total. The number of hydrazone groups is 1. The highest BCUT2D eigenvalue weighted by molar-refractivity contribution is 5.96. The van der Waals surface area contributed by atoms with Crippen molar-refractivity contribution in [3.63, 3.8) is 0 Å². The molecule has 4 heteroatoms. The van der Waals surface area contributed by atoms with Gasteiger partial charge in [0.25, 0.3) is 0 Å². The van der Waals surface area contributed by atoms with Crippen LogP contribution in [0.4, 0.5) is 5.82 Å².